The highest BCUT2D eigenvalue weighted by Gasteiger charge is 2.54. The second-order valence-electron chi connectivity index (χ2n) is 9.56. The van der Waals surface area contributed by atoms with E-state index in [-0.39, 0.29) is 29.1 Å². The normalized spacial score (nSPS) is 20.9. The molecule has 6 heteroatoms. The number of ether oxygens (including phenoxy) is 2. The number of ketones is 2. The average molecular weight is 477 g/mol. The fourth-order valence-corrected chi connectivity index (χ4v) is 4.96. The van der Waals surface area contributed by atoms with Crippen molar-refractivity contribution in [2.45, 2.75) is 77.7 Å². The van der Waals surface area contributed by atoms with Gasteiger partial charge in [-0.2, -0.15) is 0 Å². The molecule has 1 aromatic carbocycles. The predicted octanol–water partition coefficient (Wildman–Crippen LogP) is 5.79. The number of aryl methyl sites for hydroxylation is 1. The molecule has 3 aliphatic rings. The zero-order valence-electron chi connectivity index (χ0n) is 20.6. The molecule has 4 rings (SSSR count). The monoisotopic (exact) mass is 476 g/mol. The summed E-state index contributed by atoms with van der Waals surface area (Å²) in [5.74, 6) is -1.02. The van der Waals surface area contributed by atoms with Crippen LogP contribution in [0.15, 0.2) is 58.9 Å². The van der Waals surface area contributed by atoms with Crippen molar-refractivity contribution in [3.8, 4) is 5.75 Å². The first-order valence-corrected chi connectivity index (χ1v) is 12.4. The summed E-state index contributed by atoms with van der Waals surface area (Å²) in [5, 5.41) is 10.3. The number of esters is 1. The smallest absolute Gasteiger partial charge is 0.343 e. The fourth-order valence-electron chi connectivity index (χ4n) is 4.96. The van der Waals surface area contributed by atoms with Crippen LogP contribution in [0.4, 0.5) is 0 Å². The molecule has 184 valence electrons. The van der Waals surface area contributed by atoms with Gasteiger partial charge >= 0.3 is 5.97 Å². The molecule has 1 N–H and O–H groups in total. The molecule has 0 saturated heterocycles. The Bertz CT molecular complexity index is 1180. The number of carbonyl (C=O) groups is 3. The zero-order chi connectivity index (χ0) is 25.2. The Morgan fingerprint density at radius 1 is 1.03 bits per heavy atom. The maximum Gasteiger partial charge on any atom is 0.343 e. The molecule has 1 atom stereocenters. The van der Waals surface area contributed by atoms with Crippen LogP contribution in [0.3, 0.4) is 0 Å². The second kappa shape index (κ2) is 10.1. The molecule has 0 bridgehead atoms. The van der Waals surface area contributed by atoms with Gasteiger partial charge in [0.05, 0.1) is 11.8 Å². The van der Waals surface area contributed by atoms with E-state index in [4.69, 9.17) is 9.47 Å². The van der Waals surface area contributed by atoms with Gasteiger partial charge in [0.2, 0.25) is 5.78 Å². The first-order valence-electron chi connectivity index (χ1n) is 12.4. The quantitative estimate of drug-likeness (QED) is 0.261. The van der Waals surface area contributed by atoms with Crippen molar-refractivity contribution in [2.24, 2.45) is 0 Å². The molecular weight excluding hydrogens is 444 g/mol. The van der Waals surface area contributed by atoms with Gasteiger partial charge in [0.1, 0.15) is 17.1 Å². The van der Waals surface area contributed by atoms with Crippen LogP contribution in [-0.4, -0.2) is 28.2 Å². The van der Waals surface area contributed by atoms with Crippen LogP contribution in [-0.2, 0) is 23.9 Å². The van der Waals surface area contributed by atoms with E-state index >= 15 is 0 Å². The number of unbranched alkanes of at least 4 members (excludes halogenated alkanes) is 6. The molecule has 6 nitrogen and oxygen atoms in total. The fraction of sp³-hybridized carbons (Fsp3) is 0.414. The number of hydrogen-bond donors (Lipinski definition) is 1. The third-order valence-electron chi connectivity index (χ3n) is 6.94. The van der Waals surface area contributed by atoms with Gasteiger partial charge < -0.3 is 14.6 Å². The number of benzene rings is 1. The summed E-state index contributed by atoms with van der Waals surface area (Å²) >= 11 is 0. The molecule has 2 aliphatic heterocycles. The number of phenolic OH excluding ortho intramolecular Hbond substituents is 1. The summed E-state index contributed by atoms with van der Waals surface area (Å²) in [6.07, 6.45) is 12.2. The number of carbonyl (C=O) groups excluding carboxylic acids is 3. The van der Waals surface area contributed by atoms with Crippen LogP contribution in [0.2, 0.25) is 0 Å². The largest absolute Gasteiger partial charge is 0.507 e. The van der Waals surface area contributed by atoms with E-state index in [1.54, 1.807) is 18.2 Å². The Morgan fingerprint density at radius 3 is 2.46 bits per heavy atom. The summed E-state index contributed by atoms with van der Waals surface area (Å²) < 4.78 is 11.4. The lowest BCUT2D eigenvalue weighted by molar-refractivity contribution is -0.152. The molecule has 0 amide bonds. The highest BCUT2D eigenvalue weighted by molar-refractivity contribution is 6.24. The topological polar surface area (TPSA) is 89.9 Å². The Morgan fingerprint density at radius 2 is 1.74 bits per heavy atom. The van der Waals surface area contributed by atoms with Crippen molar-refractivity contribution >= 4 is 23.3 Å². The lowest BCUT2D eigenvalue weighted by Gasteiger charge is -2.31. The van der Waals surface area contributed by atoms with Crippen LogP contribution in [0.25, 0.3) is 5.76 Å². The standard InChI is InChI=1S/C29H32O6/c1-4-5-6-7-8-9-10-13-22(31)26-27-20-17-34-23(25-18(2)12-11-14-21(25)30)15-19(20)16-24(32)29(27,3)35-28(26)33/h11-12,14-17,30H,4-10,13H2,1-3H3/t29-/m0/s1. The van der Waals surface area contributed by atoms with Crippen LogP contribution >= 0.6 is 0 Å². The molecule has 0 radical (unpaired) electrons. The minimum absolute atomic E-state index is 0.0529. The molecule has 0 aromatic heterocycles. The number of allylic oxidation sites excluding steroid dienone is 2. The second-order valence-corrected chi connectivity index (χ2v) is 9.56. The van der Waals surface area contributed by atoms with Gasteiger partial charge in [-0.3, -0.25) is 9.59 Å². The van der Waals surface area contributed by atoms with E-state index in [1.165, 1.54) is 38.5 Å². The Balaban J connectivity index is 1.60. The highest BCUT2D eigenvalue weighted by atomic mass is 16.6. The minimum Gasteiger partial charge on any atom is -0.507 e. The molecular formula is C29H32O6. The maximum absolute atomic E-state index is 13.1. The molecule has 0 saturated carbocycles. The van der Waals surface area contributed by atoms with Crippen molar-refractivity contribution in [3.63, 3.8) is 0 Å². The van der Waals surface area contributed by atoms with Gasteiger partial charge in [-0.1, -0.05) is 57.6 Å². The first kappa shape index (κ1) is 24.7. The molecule has 35 heavy (non-hydrogen) atoms. The van der Waals surface area contributed by atoms with E-state index < -0.39 is 17.4 Å². The molecule has 0 spiro atoms. The van der Waals surface area contributed by atoms with E-state index in [0.717, 1.165) is 24.8 Å². The van der Waals surface area contributed by atoms with E-state index in [0.29, 0.717) is 28.9 Å². The molecule has 0 fully saturated rings. The summed E-state index contributed by atoms with van der Waals surface area (Å²) in [7, 11) is 0. The van der Waals surface area contributed by atoms with Gasteiger partial charge in [-0.15, -0.1) is 0 Å². The van der Waals surface area contributed by atoms with E-state index in [9.17, 15) is 19.5 Å². The third-order valence-corrected chi connectivity index (χ3v) is 6.94. The Kier molecular flexibility index (Phi) is 7.10. The van der Waals surface area contributed by atoms with Gasteiger partial charge in [0, 0.05) is 17.6 Å². The van der Waals surface area contributed by atoms with Crippen molar-refractivity contribution in [3.05, 3.63) is 70.0 Å². The lowest BCUT2D eigenvalue weighted by Crippen LogP contribution is -2.40. The number of fused-ring (bicyclic) bond motifs is 3. The number of Topliss-reactive ketones (excluding diaryl/α,β-unsaturated/α-hetero) is 1. The van der Waals surface area contributed by atoms with Crippen LogP contribution in [0.5, 0.6) is 5.75 Å². The maximum atomic E-state index is 13.1. The van der Waals surface area contributed by atoms with Gasteiger partial charge in [0.15, 0.2) is 11.4 Å². The minimum atomic E-state index is -1.54. The first-order chi connectivity index (χ1) is 16.8. The molecule has 1 aliphatic carbocycles. The lowest BCUT2D eigenvalue weighted by atomic mass is 9.75. The van der Waals surface area contributed by atoms with Crippen molar-refractivity contribution in [1.82, 2.24) is 0 Å². The van der Waals surface area contributed by atoms with Crippen LogP contribution in [0.1, 0.15) is 76.3 Å². The number of hydrogen-bond acceptors (Lipinski definition) is 6. The Hall–Kier alpha value is -3.41. The highest BCUT2D eigenvalue weighted by Crippen LogP contribution is 2.47. The van der Waals surface area contributed by atoms with Gasteiger partial charge in [0.25, 0.3) is 0 Å². The molecule has 0 unspecified atom stereocenters. The zero-order valence-corrected chi connectivity index (χ0v) is 20.6. The van der Waals surface area contributed by atoms with Crippen LogP contribution in [0, 0.1) is 6.92 Å². The van der Waals surface area contributed by atoms with Crippen molar-refractivity contribution < 1.29 is 29.0 Å². The van der Waals surface area contributed by atoms with E-state index in [2.05, 4.69) is 6.92 Å². The van der Waals surface area contributed by atoms with E-state index in [1.807, 2.05) is 13.0 Å². The third kappa shape index (κ3) is 4.62. The van der Waals surface area contributed by atoms with Gasteiger partial charge in [-0.05, 0) is 49.6 Å². The molecule has 1 aromatic rings. The summed E-state index contributed by atoms with van der Waals surface area (Å²) in [6.45, 7) is 5.55. The summed E-state index contributed by atoms with van der Waals surface area (Å²) in [5.41, 5.74) is 1.02. The average Bonchev–Trinajstić information content (AvgIpc) is 3.10. The summed E-state index contributed by atoms with van der Waals surface area (Å²) in [6, 6.07) is 5.15. The SMILES string of the molecule is CCCCCCCCCC(=O)C1=C2C3=COC(c4c(C)cccc4O)=CC3=CC(=O)[C@]2(C)OC1=O. The molecule has 2 heterocycles. The van der Waals surface area contributed by atoms with Crippen molar-refractivity contribution in [1.29, 1.82) is 0 Å². The number of rotatable bonds is 10. The Labute approximate surface area is 206 Å². The number of aromatic hydroxyl groups is 1. The summed E-state index contributed by atoms with van der Waals surface area (Å²) in [4.78, 5) is 39.0. The van der Waals surface area contributed by atoms with Crippen LogP contribution < -0.4 is 0 Å². The van der Waals surface area contributed by atoms with Crippen molar-refractivity contribution in [2.75, 3.05) is 0 Å². The van der Waals surface area contributed by atoms with Gasteiger partial charge in [-0.25, -0.2) is 4.79 Å². The predicted molar refractivity (Wildman–Crippen MR) is 132 cm³/mol. The number of phenols is 1.